The maximum absolute atomic E-state index is 12.6. The Hall–Kier alpha value is -2.46. The number of fused-ring (bicyclic) bond motifs is 1. The lowest BCUT2D eigenvalue weighted by Gasteiger charge is -2.18. The van der Waals surface area contributed by atoms with Gasteiger partial charge in [-0.05, 0) is 42.5 Å². The van der Waals surface area contributed by atoms with Crippen molar-refractivity contribution < 1.29 is 9.53 Å². The monoisotopic (exact) mass is 328 g/mol. The Kier molecular flexibility index (Phi) is 4.53. The summed E-state index contributed by atoms with van der Waals surface area (Å²) in [6.07, 6.45) is 1.84. The number of carbonyl (C=O) groups excluding carboxylic acids is 1. The lowest BCUT2D eigenvalue weighted by atomic mass is 10.1. The molecule has 0 aliphatic heterocycles. The molecular formula is C18H17ClN2O2. The zero-order valence-corrected chi connectivity index (χ0v) is 13.5. The van der Waals surface area contributed by atoms with Crippen LogP contribution in [0.2, 0.25) is 5.02 Å². The number of benzene rings is 2. The first kappa shape index (κ1) is 15.4. The molecule has 0 aliphatic rings. The summed E-state index contributed by atoms with van der Waals surface area (Å²) < 4.78 is 5.63. The molecule has 1 amide bonds. The zero-order valence-electron chi connectivity index (χ0n) is 12.8. The predicted molar refractivity (Wildman–Crippen MR) is 92.2 cm³/mol. The minimum atomic E-state index is -0.0186. The molecule has 118 valence electrons. The Bertz CT molecular complexity index is 811. The molecule has 0 atom stereocenters. The summed E-state index contributed by atoms with van der Waals surface area (Å²) in [6, 6.07) is 14.8. The van der Waals surface area contributed by atoms with Gasteiger partial charge in [0, 0.05) is 34.7 Å². The molecular weight excluding hydrogens is 312 g/mol. The number of nitrogens with one attached hydrogen (secondary N) is 1. The SMILES string of the molecule is CN(CCOc1ccc(Cl)cc1)C(=O)c1cccc2[nH]ccc12. The van der Waals surface area contributed by atoms with Crippen molar-refractivity contribution in [2.45, 2.75) is 0 Å². The van der Waals surface area contributed by atoms with Crippen LogP contribution in [0.3, 0.4) is 0 Å². The highest BCUT2D eigenvalue weighted by atomic mass is 35.5. The van der Waals surface area contributed by atoms with Crippen molar-refractivity contribution in [3.05, 3.63) is 65.3 Å². The number of hydrogen-bond acceptors (Lipinski definition) is 2. The van der Waals surface area contributed by atoms with Crippen LogP contribution in [-0.4, -0.2) is 36.0 Å². The second-order valence-electron chi connectivity index (χ2n) is 5.27. The van der Waals surface area contributed by atoms with Crippen molar-refractivity contribution in [1.82, 2.24) is 9.88 Å². The maximum atomic E-state index is 12.6. The van der Waals surface area contributed by atoms with Crippen molar-refractivity contribution in [2.75, 3.05) is 20.2 Å². The van der Waals surface area contributed by atoms with E-state index in [-0.39, 0.29) is 5.91 Å². The van der Waals surface area contributed by atoms with Crippen molar-refractivity contribution in [3.8, 4) is 5.75 Å². The van der Waals surface area contributed by atoms with Crippen molar-refractivity contribution in [2.24, 2.45) is 0 Å². The van der Waals surface area contributed by atoms with Gasteiger partial charge in [0.2, 0.25) is 0 Å². The van der Waals surface area contributed by atoms with E-state index in [0.717, 1.165) is 16.7 Å². The normalized spacial score (nSPS) is 10.7. The molecule has 0 radical (unpaired) electrons. The highest BCUT2D eigenvalue weighted by molar-refractivity contribution is 6.30. The number of aromatic nitrogens is 1. The minimum absolute atomic E-state index is 0.0186. The molecule has 0 fully saturated rings. The number of likely N-dealkylation sites (N-methyl/N-ethyl adjacent to an activating group) is 1. The van der Waals surface area contributed by atoms with Crippen LogP contribution in [0.4, 0.5) is 0 Å². The molecule has 0 bridgehead atoms. The zero-order chi connectivity index (χ0) is 16.2. The molecule has 4 nitrogen and oxygen atoms in total. The van der Waals surface area contributed by atoms with Gasteiger partial charge in [0.15, 0.2) is 0 Å². The summed E-state index contributed by atoms with van der Waals surface area (Å²) in [5.74, 6) is 0.720. The van der Waals surface area contributed by atoms with Crippen molar-refractivity contribution >= 4 is 28.4 Å². The highest BCUT2D eigenvalue weighted by Crippen LogP contribution is 2.19. The standard InChI is InChI=1S/C18H17ClN2O2/c1-21(11-12-23-14-7-5-13(19)6-8-14)18(22)16-3-2-4-17-15(16)9-10-20-17/h2-10,20H,11-12H2,1H3. The second kappa shape index (κ2) is 6.75. The van der Waals surface area contributed by atoms with Gasteiger partial charge in [-0.2, -0.15) is 0 Å². The summed E-state index contributed by atoms with van der Waals surface area (Å²) in [4.78, 5) is 17.4. The number of halogens is 1. The Morgan fingerprint density at radius 3 is 2.74 bits per heavy atom. The lowest BCUT2D eigenvalue weighted by molar-refractivity contribution is 0.0775. The van der Waals surface area contributed by atoms with Crippen LogP contribution >= 0.6 is 11.6 Å². The number of nitrogens with zero attached hydrogens (tertiary/aromatic N) is 1. The van der Waals surface area contributed by atoms with E-state index in [1.165, 1.54) is 0 Å². The molecule has 1 aromatic heterocycles. The topological polar surface area (TPSA) is 45.3 Å². The van der Waals surface area contributed by atoms with Crippen LogP contribution in [0.15, 0.2) is 54.7 Å². The molecule has 0 saturated carbocycles. The fraction of sp³-hybridized carbons (Fsp3) is 0.167. The summed E-state index contributed by atoms with van der Waals surface area (Å²) in [5, 5.41) is 1.60. The first-order chi connectivity index (χ1) is 11.1. The quantitative estimate of drug-likeness (QED) is 0.770. The molecule has 1 heterocycles. The third-order valence-corrected chi connectivity index (χ3v) is 3.93. The first-order valence-electron chi connectivity index (χ1n) is 7.35. The van der Waals surface area contributed by atoms with E-state index >= 15 is 0 Å². The van der Waals surface area contributed by atoms with Gasteiger partial charge in [-0.25, -0.2) is 0 Å². The van der Waals surface area contributed by atoms with Gasteiger partial charge in [0.25, 0.3) is 5.91 Å². The fourth-order valence-corrected chi connectivity index (χ4v) is 2.54. The Labute approximate surface area is 139 Å². The predicted octanol–water partition coefficient (Wildman–Crippen LogP) is 3.97. The van der Waals surface area contributed by atoms with Crippen LogP contribution < -0.4 is 4.74 Å². The lowest BCUT2D eigenvalue weighted by Crippen LogP contribution is -2.31. The molecule has 0 unspecified atom stereocenters. The van der Waals surface area contributed by atoms with E-state index in [1.54, 1.807) is 24.1 Å². The fourth-order valence-electron chi connectivity index (χ4n) is 2.41. The van der Waals surface area contributed by atoms with Gasteiger partial charge in [-0.3, -0.25) is 4.79 Å². The van der Waals surface area contributed by atoms with Gasteiger partial charge in [-0.15, -0.1) is 0 Å². The molecule has 3 rings (SSSR count). The van der Waals surface area contributed by atoms with E-state index in [4.69, 9.17) is 16.3 Å². The summed E-state index contributed by atoms with van der Waals surface area (Å²) in [6.45, 7) is 0.926. The van der Waals surface area contributed by atoms with Gasteiger partial charge < -0.3 is 14.6 Å². The smallest absolute Gasteiger partial charge is 0.254 e. The van der Waals surface area contributed by atoms with Gasteiger partial charge in [0.1, 0.15) is 12.4 Å². The van der Waals surface area contributed by atoms with Crippen LogP contribution in [0, 0.1) is 0 Å². The van der Waals surface area contributed by atoms with E-state index in [0.29, 0.717) is 23.7 Å². The number of rotatable bonds is 5. The molecule has 3 aromatic rings. The third-order valence-electron chi connectivity index (χ3n) is 3.68. The summed E-state index contributed by atoms with van der Waals surface area (Å²) in [5.41, 5.74) is 1.65. The number of hydrogen-bond donors (Lipinski definition) is 1. The average molecular weight is 329 g/mol. The van der Waals surface area contributed by atoms with Gasteiger partial charge in [-0.1, -0.05) is 17.7 Å². The largest absolute Gasteiger partial charge is 0.492 e. The molecule has 23 heavy (non-hydrogen) atoms. The van der Waals surface area contributed by atoms with Crippen molar-refractivity contribution in [1.29, 1.82) is 0 Å². The number of ether oxygens (including phenoxy) is 1. The van der Waals surface area contributed by atoms with Crippen LogP contribution in [0.25, 0.3) is 10.9 Å². The van der Waals surface area contributed by atoms with Gasteiger partial charge >= 0.3 is 0 Å². The second-order valence-corrected chi connectivity index (χ2v) is 5.71. The number of carbonyl (C=O) groups is 1. The first-order valence-corrected chi connectivity index (χ1v) is 7.73. The van der Waals surface area contributed by atoms with Gasteiger partial charge in [0.05, 0.1) is 6.54 Å². The maximum Gasteiger partial charge on any atom is 0.254 e. The summed E-state index contributed by atoms with van der Waals surface area (Å²) >= 11 is 5.83. The van der Waals surface area contributed by atoms with E-state index < -0.39 is 0 Å². The molecule has 5 heteroatoms. The number of amides is 1. The highest BCUT2D eigenvalue weighted by Gasteiger charge is 2.14. The molecule has 0 spiro atoms. The average Bonchev–Trinajstić information content (AvgIpc) is 3.04. The Morgan fingerprint density at radius 1 is 1.17 bits per heavy atom. The number of H-pyrrole nitrogens is 1. The minimum Gasteiger partial charge on any atom is -0.492 e. The van der Waals surface area contributed by atoms with E-state index in [1.807, 2.05) is 42.6 Å². The van der Waals surface area contributed by atoms with E-state index in [2.05, 4.69) is 4.98 Å². The molecule has 1 N–H and O–H groups in total. The Balaban J connectivity index is 1.61. The molecule has 0 saturated heterocycles. The van der Waals surface area contributed by atoms with Crippen LogP contribution in [0.1, 0.15) is 10.4 Å². The van der Waals surface area contributed by atoms with Crippen molar-refractivity contribution in [3.63, 3.8) is 0 Å². The Morgan fingerprint density at radius 2 is 1.96 bits per heavy atom. The summed E-state index contributed by atoms with van der Waals surface area (Å²) in [7, 11) is 1.78. The number of aromatic amines is 1. The molecule has 0 aliphatic carbocycles. The third kappa shape index (κ3) is 3.48. The van der Waals surface area contributed by atoms with Crippen LogP contribution in [-0.2, 0) is 0 Å². The molecule has 2 aromatic carbocycles. The van der Waals surface area contributed by atoms with Crippen LogP contribution in [0.5, 0.6) is 5.75 Å². The van der Waals surface area contributed by atoms with E-state index in [9.17, 15) is 4.79 Å².